The largest absolute Gasteiger partial charge is 0.445 e. The molecule has 0 spiro atoms. The van der Waals surface area contributed by atoms with E-state index in [2.05, 4.69) is 15.6 Å². The number of ether oxygens (including phenoxy) is 1. The van der Waals surface area contributed by atoms with E-state index < -0.39 is 18.3 Å². The number of fused-ring (bicyclic) bond motifs is 1. The lowest BCUT2D eigenvalue weighted by Gasteiger charge is -2.19. The summed E-state index contributed by atoms with van der Waals surface area (Å²) >= 11 is 0. The molecular weight excluding hydrogens is 322 g/mol. The van der Waals surface area contributed by atoms with E-state index in [9.17, 15) is 15.0 Å². The van der Waals surface area contributed by atoms with Crippen LogP contribution in [0.3, 0.4) is 0 Å². The van der Waals surface area contributed by atoms with Gasteiger partial charge in [-0.05, 0) is 23.6 Å². The van der Waals surface area contributed by atoms with Gasteiger partial charge < -0.3 is 25.6 Å². The number of nitrogens with zero attached hydrogens (tertiary/aromatic N) is 1. The first-order valence-corrected chi connectivity index (χ1v) is 8.17. The van der Waals surface area contributed by atoms with Gasteiger partial charge in [-0.2, -0.15) is 0 Å². The number of hydrogen-bond acceptors (Lipinski definition) is 6. The second-order valence-electron chi connectivity index (χ2n) is 5.91. The molecule has 1 aliphatic heterocycles. The first-order chi connectivity index (χ1) is 12.1. The summed E-state index contributed by atoms with van der Waals surface area (Å²) in [5.41, 5.74) is 2.41. The summed E-state index contributed by atoms with van der Waals surface area (Å²) in [5.74, 6) is 0.813. The van der Waals surface area contributed by atoms with E-state index in [0.29, 0.717) is 5.56 Å². The van der Waals surface area contributed by atoms with Crippen molar-refractivity contribution in [1.82, 2.24) is 10.3 Å². The molecule has 3 rings (SSSR count). The molecule has 1 aromatic carbocycles. The maximum Gasteiger partial charge on any atom is 0.407 e. The summed E-state index contributed by atoms with van der Waals surface area (Å²) in [4.78, 5) is 15.9. The van der Waals surface area contributed by atoms with Crippen molar-refractivity contribution < 1.29 is 19.7 Å². The first-order valence-electron chi connectivity index (χ1n) is 8.17. The summed E-state index contributed by atoms with van der Waals surface area (Å²) < 4.78 is 5.06. The van der Waals surface area contributed by atoms with Gasteiger partial charge in [-0.1, -0.05) is 30.3 Å². The van der Waals surface area contributed by atoms with Crippen LogP contribution in [0.1, 0.15) is 22.8 Å². The zero-order valence-electron chi connectivity index (χ0n) is 13.7. The highest BCUT2D eigenvalue weighted by molar-refractivity contribution is 5.67. The van der Waals surface area contributed by atoms with Crippen LogP contribution in [0.2, 0.25) is 0 Å². The minimum atomic E-state index is -1.15. The molecule has 2 atom stereocenters. The van der Waals surface area contributed by atoms with Crippen molar-refractivity contribution in [3.05, 3.63) is 59.3 Å². The van der Waals surface area contributed by atoms with Crippen LogP contribution < -0.4 is 10.6 Å². The molecular formula is C18H21N3O4. The highest BCUT2D eigenvalue weighted by atomic mass is 16.5. The van der Waals surface area contributed by atoms with Gasteiger partial charge in [-0.25, -0.2) is 9.78 Å². The van der Waals surface area contributed by atoms with Crippen molar-refractivity contribution in [2.24, 2.45) is 0 Å². The summed E-state index contributed by atoms with van der Waals surface area (Å²) in [6.45, 7) is 0.844. The van der Waals surface area contributed by atoms with Crippen molar-refractivity contribution >= 4 is 11.9 Å². The van der Waals surface area contributed by atoms with Crippen LogP contribution in [-0.4, -0.2) is 40.5 Å². The number of aliphatic hydroxyl groups is 2. The minimum absolute atomic E-state index is 0.121. The predicted molar refractivity (Wildman–Crippen MR) is 92.0 cm³/mol. The third-order valence-electron chi connectivity index (χ3n) is 4.05. The number of benzene rings is 1. The highest BCUT2D eigenvalue weighted by Gasteiger charge is 2.22. The van der Waals surface area contributed by atoms with E-state index in [0.717, 1.165) is 29.9 Å². The number of nitrogens with one attached hydrogen (secondary N) is 2. The Hall–Kier alpha value is -2.64. The normalized spacial score (nSPS) is 15.0. The van der Waals surface area contributed by atoms with E-state index in [1.165, 1.54) is 6.20 Å². The number of rotatable bonds is 6. The molecule has 25 heavy (non-hydrogen) atoms. The van der Waals surface area contributed by atoms with Gasteiger partial charge in [-0.3, -0.25) is 0 Å². The van der Waals surface area contributed by atoms with Crippen LogP contribution in [0.15, 0.2) is 42.6 Å². The molecule has 0 saturated heterocycles. The molecule has 7 heteroatoms. The fourth-order valence-corrected chi connectivity index (χ4v) is 2.65. The number of aromatic nitrogens is 1. The molecule has 7 nitrogen and oxygen atoms in total. The first kappa shape index (κ1) is 17.2. The van der Waals surface area contributed by atoms with Gasteiger partial charge in [-0.15, -0.1) is 0 Å². The van der Waals surface area contributed by atoms with Crippen LogP contribution in [0, 0.1) is 0 Å². The molecule has 0 saturated carbocycles. The Kier molecular flexibility index (Phi) is 5.47. The van der Waals surface area contributed by atoms with Crippen LogP contribution >= 0.6 is 0 Å². The average molecular weight is 343 g/mol. The quantitative estimate of drug-likeness (QED) is 0.632. The summed E-state index contributed by atoms with van der Waals surface area (Å²) in [6, 6.07) is 11.1. The van der Waals surface area contributed by atoms with E-state index in [1.807, 2.05) is 36.4 Å². The molecule has 2 heterocycles. The maximum atomic E-state index is 11.7. The number of carbonyl (C=O) groups excluding carboxylic acids is 1. The van der Waals surface area contributed by atoms with Gasteiger partial charge in [0.2, 0.25) is 0 Å². The SMILES string of the molecule is O=C(NCC(O)C(O)c1cnc2c(c1)CCN2)OCc1ccccc1. The summed E-state index contributed by atoms with van der Waals surface area (Å²) in [6.07, 6.45) is -0.570. The maximum absolute atomic E-state index is 11.7. The Bertz CT molecular complexity index is 724. The molecule has 4 N–H and O–H groups in total. The van der Waals surface area contributed by atoms with Gasteiger partial charge in [0.05, 0.1) is 0 Å². The molecule has 132 valence electrons. The van der Waals surface area contributed by atoms with E-state index in [-0.39, 0.29) is 13.2 Å². The second-order valence-corrected chi connectivity index (χ2v) is 5.91. The predicted octanol–water partition coefficient (Wildman–Crippen LogP) is 1.37. The lowest BCUT2D eigenvalue weighted by molar-refractivity contribution is 0.0182. The molecule has 0 fully saturated rings. The Morgan fingerprint density at radius 1 is 1.32 bits per heavy atom. The molecule has 1 amide bonds. The Morgan fingerprint density at radius 2 is 2.12 bits per heavy atom. The van der Waals surface area contributed by atoms with Crippen molar-refractivity contribution in [3.8, 4) is 0 Å². The molecule has 2 unspecified atom stereocenters. The van der Waals surface area contributed by atoms with Crippen molar-refractivity contribution in [1.29, 1.82) is 0 Å². The Balaban J connectivity index is 1.46. The lowest BCUT2D eigenvalue weighted by atomic mass is 10.0. The lowest BCUT2D eigenvalue weighted by Crippen LogP contribution is -2.35. The zero-order valence-corrected chi connectivity index (χ0v) is 13.7. The fraction of sp³-hybridized carbons (Fsp3) is 0.333. The number of amides is 1. The van der Waals surface area contributed by atoms with Crippen molar-refractivity contribution in [2.45, 2.75) is 25.2 Å². The van der Waals surface area contributed by atoms with Gasteiger partial charge in [0.1, 0.15) is 24.6 Å². The smallest absolute Gasteiger partial charge is 0.407 e. The monoisotopic (exact) mass is 343 g/mol. The zero-order chi connectivity index (χ0) is 17.6. The second kappa shape index (κ2) is 7.96. The number of hydrogen-bond donors (Lipinski definition) is 4. The van der Waals surface area contributed by atoms with Gasteiger partial charge in [0.15, 0.2) is 0 Å². The molecule has 1 aromatic heterocycles. The molecule has 0 aliphatic carbocycles. The van der Waals surface area contributed by atoms with Crippen LogP contribution in [-0.2, 0) is 17.8 Å². The van der Waals surface area contributed by atoms with Crippen molar-refractivity contribution in [3.63, 3.8) is 0 Å². The molecule has 0 bridgehead atoms. The number of carbonyl (C=O) groups is 1. The number of aliphatic hydroxyl groups excluding tert-OH is 2. The van der Waals surface area contributed by atoms with Gasteiger partial charge in [0.25, 0.3) is 0 Å². The molecule has 2 aromatic rings. The van der Waals surface area contributed by atoms with Gasteiger partial charge >= 0.3 is 6.09 Å². The average Bonchev–Trinajstić information content (AvgIpc) is 3.12. The molecule has 1 aliphatic rings. The minimum Gasteiger partial charge on any atom is -0.445 e. The third kappa shape index (κ3) is 4.46. The van der Waals surface area contributed by atoms with E-state index in [1.54, 1.807) is 0 Å². The van der Waals surface area contributed by atoms with Gasteiger partial charge in [0, 0.05) is 24.8 Å². The van der Waals surface area contributed by atoms with Crippen LogP contribution in [0.25, 0.3) is 0 Å². The van der Waals surface area contributed by atoms with Crippen LogP contribution in [0.5, 0.6) is 0 Å². The third-order valence-corrected chi connectivity index (χ3v) is 4.05. The van der Waals surface area contributed by atoms with E-state index >= 15 is 0 Å². The topological polar surface area (TPSA) is 104 Å². The highest BCUT2D eigenvalue weighted by Crippen LogP contribution is 2.24. The Morgan fingerprint density at radius 3 is 2.92 bits per heavy atom. The number of alkyl carbamates (subject to hydrolysis) is 1. The summed E-state index contributed by atoms with van der Waals surface area (Å²) in [5, 5.41) is 25.9. The number of pyridine rings is 1. The van der Waals surface area contributed by atoms with E-state index in [4.69, 9.17) is 4.74 Å². The number of anilines is 1. The fourth-order valence-electron chi connectivity index (χ4n) is 2.65. The summed E-state index contributed by atoms with van der Waals surface area (Å²) in [7, 11) is 0. The van der Waals surface area contributed by atoms with Crippen molar-refractivity contribution in [2.75, 3.05) is 18.4 Å². The molecule has 0 radical (unpaired) electrons. The van der Waals surface area contributed by atoms with Crippen LogP contribution in [0.4, 0.5) is 10.6 Å². The Labute approximate surface area is 145 Å². The standard InChI is InChI=1S/C18H21N3O4/c22-15(10-21-18(24)25-11-12-4-2-1-3-5-12)16(23)14-8-13-6-7-19-17(13)20-9-14/h1-5,8-9,15-16,22-23H,6-7,10-11H2,(H,19,20)(H,21,24).